The first-order valence-electron chi connectivity index (χ1n) is 10.3. The Kier molecular flexibility index (Phi) is 10.4. The summed E-state index contributed by atoms with van der Waals surface area (Å²) in [5.41, 5.74) is 0.993. The third-order valence-electron chi connectivity index (χ3n) is 4.98. The van der Waals surface area contributed by atoms with Crippen LogP contribution in [0.4, 0.5) is 0 Å². The van der Waals surface area contributed by atoms with Crippen molar-refractivity contribution in [1.82, 2.24) is 0 Å². The van der Waals surface area contributed by atoms with Crippen LogP contribution in [0.1, 0.15) is 22.3 Å². The van der Waals surface area contributed by atoms with Crippen LogP contribution in [0.2, 0.25) is 0 Å². The molecule has 188 valence electrons. The van der Waals surface area contributed by atoms with Gasteiger partial charge in [-0.2, -0.15) is 0 Å². The second-order valence-corrected chi connectivity index (χ2v) is 7.26. The van der Waals surface area contributed by atoms with Gasteiger partial charge >= 0.3 is 5.97 Å². The van der Waals surface area contributed by atoms with E-state index in [1.807, 2.05) is 24.3 Å². The fourth-order valence-electron chi connectivity index (χ4n) is 3.11. The average Bonchev–Trinajstić information content (AvgIpc) is 2.84. The fourth-order valence-corrected chi connectivity index (χ4v) is 3.11. The van der Waals surface area contributed by atoms with Gasteiger partial charge in [0, 0.05) is 6.42 Å². The first-order chi connectivity index (χ1) is 16.2. The minimum absolute atomic E-state index is 0.0162. The van der Waals surface area contributed by atoms with Crippen LogP contribution < -0.4 is 18.9 Å². The molecule has 5 N–H and O–H groups in total. The Balaban J connectivity index is 0.000000310. The lowest BCUT2D eigenvalue weighted by Crippen LogP contribution is -2.49. The molecule has 11 nitrogen and oxygen atoms in total. The van der Waals surface area contributed by atoms with E-state index in [4.69, 9.17) is 49.2 Å². The molecule has 0 aromatic heterocycles. The number of methoxy groups -OCH3 is 3. The van der Waals surface area contributed by atoms with Gasteiger partial charge in [-0.1, -0.05) is 12.1 Å². The number of aliphatic hydroxyl groups is 4. The minimum Gasteiger partial charge on any atom is -0.497 e. The van der Waals surface area contributed by atoms with Crippen LogP contribution in [0.5, 0.6) is 23.0 Å². The maximum Gasteiger partial charge on any atom is 0.335 e. The summed E-state index contributed by atoms with van der Waals surface area (Å²) in [6, 6.07) is 10.2. The van der Waals surface area contributed by atoms with Crippen LogP contribution in [-0.4, -0.2) is 84.0 Å². The molecule has 2 aromatic rings. The highest BCUT2D eigenvalue weighted by Gasteiger charge is 2.35. The van der Waals surface area contributed by atoms with E-state index in [0.29, 0.717) is 17.2 Å². The molecule has 0 bridgehead atoms. The van der Waals surface area contributed by atoms with E-state index in [0.717, 1.165) is 11.3 Å². The molecular weight excluding hydrogens is 452 g/mol. The number of rotatable bonds is 8. The summed E-state index contributed by atoms with van der Waals surface area (Å²) in [6.45, 7) is -0.127. The molecule has 3 rings (SSSR count). The van der Waals surface area contributed by atoms with Crippen molar-refractivity contribution in [3.8, 4) is 23.0 Å². The van der Waals surface area contributed by atoms with Crippen LogP contribution in [-0.2, 0) is 11.3 Å². The Hall–Kier alpha value is -3.09. The van der Waals surface area contributed by atoms with Crippen LogP contribution in [0, 0.1) is 0 Å². The van der Waals surface area contributed by atoms with Gasteiger partial charge in [-0.3, -0.25) is 0 Å². The normalized spacial score (nSPS) is 21.6. The smallest absolute Gasteiger partial charge is 0.335 e. The van der Waals surface area contributed by atoms with Crippen molar-refractivity contribution >= 4 is 5.97 Å². The Morgan fingerprint density at radius 3 is 2.06 bits per heavy atom. The number of hydrogen-bond donors (Lipinski definition) is 5. The molecule has 0 unspecified atom stereocenters. The predicted octanol–water partition coefficient (Wildman–Crippen LogP) is 0.797. The minimum atomic E-state index is -1.11. The predicted molar refractivity (Wildman–Crippen MR) is 118 cm³/mol. The number of benzene rings is 2. The van der Waals surface area contributed by atoms with Crippen molar-refractivity contribution in [2.75, 3.05) is 27.9 Å². The third kappa shape index (κ3) is 7.20. The molecule has 0 spiro atoms. The van der Waals surface area contributed by atoms with Gasteiger partial charge in [0.15, 0.2) is 17.8 Å². The van der Waals surface area contributed by atoms with Crippen LogP contribution in [0.25, 0.3) is 0 Å². The van der Waals surface area contributed by atoms with Crippen molar-refractivity contribution in [2.24, 2.45) is 0 Å². The molecule has 1 saturated heterocycles. The van der Waals surface area contributed by atoms with Crippen molar-refractivity contribution < 1.29 is 54.0 Å². The molecule has 4 atom stereocenters. The highest BCUT2D eigenvalue weighted by molar-refractivity contribution is 5.89. The summed E-state index contributed by atoms with van der Waals surface area (Å²) in [6.07, 6.45) is -4.11. The van der Waals surface area contributed by atoms with E-state index in [-0.39, 0.29) is 18.6 Å². The van der Waals surface area contributed by atoms with Crippen molar-refractivity contribution in [2.45, 2.75) is 37.6 Å². The molecule has 0 radical (unpaired) electrons. The van der Waals surface area contributed by atoms with Crippen molar-refractivity contribution in [3.63, 3.8) is 0 Å². The monoisotopic (exact) mass is 482 g/mol. The van der Waals surface area contributed by atoms with Gasteiger partial charge in [-0.05, 0) is 29.8 Å². The molecule has 0 amide bonds. The number of carbonyl (C=O) groups is 1. The zero-order chi connectivity index (χ0) is 25.3. The highest BCUT2D eigenvalue weighted by Crippen LogP contribution is 2.39. The molecule has 1 aliphatic heterocycles. The van der Waals surface area contributed by atoms with E-state index < -0.39 is 37.2 Å². The van der Waals surface area contributed by atoms with Gasteiger partial charge in [0.05, 0.1) is 39.6 Å². The van der Waals surface area contributed by atoms with Crippen molar-refractivity contribution in [1.29, 1.82) is 0 Å². The number of aliphatic hydroxyl groups excluding tert-OH is 4. The van der Waals surface area contributed by atoms with Crippen LogP contribution in [0.15, 0.2) is 36.4 Å². The average molecular weight is 482 g/mol. The van der Waals surface area contributed by atoms with Crippen LogP contribution in [0.3, 0.4) is 0 Å². The maximum absolute atomic E-state index is 11.1. The summed E-state index contributed by atoms with van der Waals surface area (Å²) in [5, 5.41) is 44.8. The lowest BCUT2D eigenvalue weighted by atomic mass is 10.0. The summed E-state index contributed by atoms with van der Waals surface area (Å²) in [7, 11) is 4.49. The van der Waals surface area contributed by atoms with E-state index in [9.17, 15) is 4.79 Å². The molecular formula is C23H30O11. The lowest BCUT2D eigenvalue weighted by Gasteiger charge is -2.33. The van der Waals surface area contributed by atoms with Crippen LogP contribution >= 0.6 is 0 Å². The Morgan fingerprint density at radius 2 is 1.59 bits per heavy atom. The van der Waals surface area contributed by atoms with E-state index in [1.54, 1.807) is 7.11 Å². The topological polar surface area (TPSA) is 164 Å². The zero-order valence-corrected chi connectivity index (χ0v) is 19.1. The van der Waals surface area contributed by atoms with Gasteiger partial charge in [0.2, 0.25) is 5.75 Å². The molecule has 11 heteroatoms. The molecule has 1 aliphatic rings. The molecule has 2 aromatic carbocycles. The van der Waals surface area contributed by atoms with Gasteiger partial charge in [-0.25, -0.2) is 4.79 Å². The SMILES string of the molecule is COc1ccc(COc2c(OC)cc(C(=O)O)cc2OC)cc1.OC[C@H]1O[C@H](O)C[C@@H](O)[C@@H]1O. The molecule has 1 heterocycles. The first-order valence-corrected chi connectivity index (χ1v) is 10.3. The quantitative estimate of drug-likeness (QED) is 0.361. The third-order valence-corrected chi connectivity index (χ3v) is 4.98. The maximum atomic E-state index is 11.1. The molecule has 0 saturated carbocycles. The number of ether oxygens (including phenoxy) is 5. The Bertz CT molecular complexity index is 891. The highest BCUT2D eigenvalue weighted by atomic mass is 16.6. The van der Waals surface area contributed by atoms with E-state index >= 15 is 0 Å². The standard InChI is InChI=1S/C17H18O6.C6H12O5/c1-20-13-6-4-11(5-7-13)10-23-16-14(21-2)8-12(17(18)19)9-15(16)22-3;7-2-4-6(10)3(8)1-5(9)11-4/h4-9H,10H2,1-3H3,(H,18,19);3-10H,1-2H2/t;3-,4-,5+,6+/m.1/s1. The second kappa shape index (κ2) is 13.0. The number of hydrogen-bond acceptors (Lipinski definition) is 10. The van der Waals surface area contributed by atoms with Gasteiger partial charge in [-0.15, -0.1) is 0 Å². The number of carboxylic acid groups (broad SMARTS) is 1. The van der Waals surface area contributed by atoms with Gasteiger partial charge in [0.1, 0.15) is 24.6 Å². The van der Waals surface area contributed by atoms with E-state index in [2.05, 4.69) is 0 Å². The lowest BCUT2D eigenvalue weighted by molar-refractivity contribution is -0.239. The largest absolute Gasteiger partial charge is 0.497 e. The first kappa shape index (κ1) is 27.2. The summed E-state index contributed by atoms with van der Waals surface area (Å²) >= 11 is 0. The van der Waals surface area contributed by atoms with Gasteiger partial charge in [0.25, 0.3) is 0 Å². The summed E-state index contributed by atoms with van der Waals surface area (Å²) in [5.74, 6) is 0.652. The molecule has 34 heavy (non-hydrogen) atoms. The molecule has 0 aliphatic carbocycles. The summed E-state index contributed by atoms with van der Waals surface area (Å²) in [4.78, 5) is 11.1. The van der Waals surface area contributed by atoms with E-state index in [1.165, 1.54) is 26.4 Å². The Morgan fingerprint density at radius 1 is 1.00 bits per heavy atom. The second-order valence-electron chi connectivity index (χ2n) is 7.26. The fraction of sp³-hybridized carbons (Fsp3) is 0.435. The number of carboxylic acids is 1. The van der Waals surface area contributed by atoms with Crippen molar-refractivity contribution in [3.05, 3.63) is 47.5 Å². The molecule has 1 fully saturated rings. The number of aromatic carboxylic acids is 1. The van der Waals surface area contributed by atoms with Gasteiger partial charge < -0.3 is 49.2 Å². The summed E-state index contributed by atoms with van der Waals surface area (Å²) < 4.78 is 26.0. The Labute approximate surface area is 196 Å². The zero-order valence-electron chi connectivity index (χ0n) is 19.1.